The molecule has 3 rings (SSSR count). The number of para-hydroxylation sites is 1. The maximum absolute atomic E-state index is 13.1. The van der Waals surface area contributed by atoms with Gasteiger partial charge in [0.25, 0.3) is 5.91 Å². The van der Waals surface area contributed by atoms with Gasteiger partial charge in [-0.05, 0) is 49.6 Å². The molecule has 5 heteroatoms. The number of benzene rings is 2. The summed E-state index contributed by atoms with van der Waals surface area (Å²) in [6.45, 7) is 2.99. The Labute approximate surface area is 147 Å². The molecule has 0 spiro atoms. The summed E-state index contributed by atoms with van der Waals surface area (Å²) in [5, 5.41) is 0. The number of carbonyl (C=O) groups is 2. The van der Waals surface area contributed by atoms with Crippen LogP contribution in [0.1, 0.15) is 39.6 Å². The molecule has 5 nitrogen and oxygen atoms in total. The monoisotopic (exact) mass is 339 g/mol. The highest BCUT2D eigenvalue weighted by Gasteiger charge is 2.28. The van der Waals surface area contributed by atoms with Gasteiger partial charge in [-0.15, -0.1) is 0 Å². The van der Waals surface area contributed by atoms with Crippen molar-refractivity contribution in [2.45, 2.75) is 19.8 Å². The molecule has 0 N–H and O–H groups in total. The third-order valence-corrected chi connectivity index (χ3v) is 4.32. The van der Waals surface area contributed by atoms with Crippen molar-refractivity contribution in [3.05, 3.63) is 59.2 Å². The van der Waals surface area contributed by atoms with E-state index in [0.29, 0.717) is 30.0 Å². The van der Waals surface area contributed by atoms with Crippen LogP contribution in [0.3, 0.4) is 0 Å². The number of rotatable bonds is 4. The molecule has 2 aromatic carbocycles. The SMILES string of the molecule is CCOc1ccccc1C(=O)N1CCCc2c(C(=O)OC)cccc21. The van der Waals surface area contributed by atoms with E-state index in [4.69, 9.17) is 9.47 Å². The second-order valence-electron chi connectivity index (χ2n) is 5.78. The second kappa shape index (κ2) is 7.38. The molecule has 1 heterocycles. The summed E-state index contributed by atoms with van der Waals surface area (Å²) >= 11 is 0. The lowest BCUT2D eigenvalue weighted by Crippen LogP contribution is -2.36. The summed E-state index contributed by atoms with van der Waals surface area (Å²) < 4.78 is 10.5. The Balaban J connectivity index is 2.02. The van der Waals surface area contributed by atoms with Gasteiger partial charge < -0.3 is 14.4 Å². The maximum Gasteiger partial charge on any atom is 0.338 e. The van der Waals surface area contributed by atoms with Crippen molar-refractivity contribution in [3.63, 3.8) is 0 Å². The van der Waals surface area contributed by atoms with Crippen LogP contribution < -0.4 is 9.64 Å². The minimum absolute atomic E-state index is 0.119. The van der Waals surface area contributed by atoms with Gasteiger partial charge in [-0.3, -0.25) is 4.79 Å². The quantitative estimate of drug-likeness (QED) is 0.801. The lowest BCUT2D eigenvalue weighted by molar-refractivity contribution is 0.0599. The molecular weight excluding hydrogens is 318 g/mol. The van der Waals surface area contributed by atoms with Gasteiger partial charge in [0.2, 0.25) is 0 Å². The van der Waals surface area contributed by atoms with Gasteiger partial charge in [-0.25, -0.2) is 4.79 Å². The number of ether oxygens (including phenoxy) is 2. The van der Waals surface area contributed by atoms with Gasteiger partial charge in [-0.2, -0.15) is 0 Å². The van der Waals surface area contributed by atoms with Crippen LogP contribution in [0.2, 0.25) is 0 Å². The molecule has 0 aliphatic carbocycles. The molecule has 1 aliphatic heterocycles. The molecule has 1 aliphatic rings. The first-order valence-electron chi connectivity index (χ1n) is 8.41. The zero-order valence-electron chi connectivity index (χ0n) is 14.5. The number of fused-ring (bicyclic) bond motifs is 1. The van der Waals surface area contributed by atoms with E-state index in [1.807, 2.05) is 25.1 Å². The topological polar surface area (TPSA) is 55.8 Å². The Morgan fingerprint density at radius 3 is 2.60 bits per heavy atom. The molecule has 25 heavy (non-hydrogen) atoms. The highest BCUT2D eigenvalue weighted by molar-refractivity contribution is 6.09. The Morgan fingerprint density at radius 2 is 1.84 bits per heavy atom. The predicted molar refractivity (Wildman–Crippen MR) is 95.4 cm³/mol. The van der Waals surface area contributed by atoms with Gasteiger partial charge in [0.05, 0.1) is 24.8 Å². The van der Waals surface area contributed by atoms with E-state index in [-0.39, 0.29) is 11.9 Å². The summed E-state index contributed by atoms with van der Waals surface area (Å²) in [5.74, 6) is 0.0825. The van der Waals surface area contributed by atoms with E-state index in [1.54, 1.807) is 29.2 Å². The number of amides is 1. The van der Waals surface area contributed by atoms with Gasteiger partial charge in [-0.1, -0.05) is 18.2 Å². The molecule has 0 atom stereocenters. The molecule has 0 saturated carbocycles. The molecule has 1 amide bonds. The van der Waals surface area contributed by atoms with E-state index in [0.717, 1.165) is 24.1 Å². The average Bonchev–Trinajstić information content (AvgIpc) is 2.66. The third kappa shape index (κ3) is 3.22. The Kier molecular flexibility index (Phi) is 5.03. The molecule has 0 unspecified atom stereocenters. The van der Waals surface area contributed by atoms with Crippen molar-refractivity contribution in [1.29, 1.82) is 0 Å². The number of carbonyl (C=O) groups excluding carboxylic acids is 2. The van der Waals surface area contributed by atoms with E-state index in [2.05, 4.69) is 0 Å². The molecule has 0 saturated heterocycles. The van der Waals surface area contributed by atoms with Gasteiger partial charge >= 0.3 is 5.97 Å². The average molecular weight is 339 g/mol. The van der Waals surface area contributed by atoms with Gasteiger partial charge in [0, 0.05) is 12.2 Å². The first-order valence-corrected chi connectivity index (χ1v) is 8.41. The molecule has 0 aromatic heterocycles. The van der Waals surface area contributed by atoms with E-state index in [9.17, 15) is 9.59 Å². The molecular formula is C20H21NO4. The number of methoxy groups -OCH3 is 1. The first kappa shape index (κ1) is 17.0. The zero-order chi connectivity index (χ0) is 17.8. The minimum atomic E-state index is -0.374. The largest absolute Gasteiger partial charge is 0.493 e. The van der Waals surface area contributed by atoms with Crippen LogP contribution >= 0.6 is 0 Å². The van der Waals surface area contributed by atoms with Crippen molar-refractivity contribution in [2.75, 3.05) is 25.2 Å². The summed E-state index contributed by atoms with van der Waals surface area (Å²) in [6, 6.07) is 12.6. The van der Waals surface area contributed by atoms with E-state index >= 15 is 0 Å². The minimum Gasteiger partial charge on any atom is -0.493 e. The lowest BCUT2D eigenvalue weighted by atomic mass is 9.95. The molecule has 2 aromatic rings. The van der Waals surface area contributed by atoms with E-state index in [1.165, 1.54) is 7.11 Å². The van der Waals surface area contributed by atoms with Crippen LogP contribution in [0.4, 0.5) is 5.69 Å². The van der Waals surface area contributed by atoms with Crippen molar-refractivity contribution in [2.24, 2.45) is 0 Å². The highest BCUT2D eigenvalue weighted by Crippen LogP contribution is 2.32. The van der Waals surface area contributed by atoms with Crippen LogP contribution in [-0.4, -0.2) is 32.1 Å². The van der Waals surface area contributed by atoms with Crippen molar-refractivity contribution in [3.8, 4) is 5.75 Å². The van der Waals surface area contributed by atoms with Crippen molar-refractivity contribution in [1.82, 2.24) is 0 Å². The number of hydrogen-bond acceptors (Lipinski definition) is 4. The number of esters is 1. The number of hydrogen-bond donors (Lipinski definition) is 0. The lowest BCUT2D eigenvalue weighted by Gasteiger charge is -2.31. The van der Waals surface area contributed by atoms with Crippen LogP contribution in [-0.2, 0) is 11.2 Å². The number of nitrogens with zero attached hydrogens (tertiary/aromatic N) is 1. The Morgan fingerprint density at radius 1 is 1.08 bits per heavy atom. The van der Waals surface area contributed by atoms with E-state index < -0.39 is 0 Å². The first-order chi connectivity index (χ1) is 12.2. The van der Waals surface area contributed by atoms with Crippen LogP contribution in [0.25, 0.3) is 0 Å². The highest BCUT2D eigenvalue weighted by atomic mass is 16.5. The molecule has 0 bridgehead atoms. The summed E-state index contributed by atoms with van der Waals surface area (Å²) in [6.07, 6.45) is 1.54. The molecule has 0 fully saturated rings. The number of anilines is 1. The normalized spacial score (nSPS) is 13.1. The Bertz CT molecular complexity index is 800. The standard InChI is InChI=1S/C20H21NO4/c1-3-25-18-12-5-4-8-16(18)19(22)21-13-7-10-14-15(20(23)24-2)9-6-11-17(14)21/h4-6,8-9,11-12H,3,7,10,13H2,1-2H3. The summed E-state index contributed by atoms with van der Waals surface area (Å²) in [4.78, 5) is 26.9. The van der Waals surface area contributed by atoms with Crippen molar-refractivity contribution >= 4 is 17.6 Å². The van der Waals surface area contributed by atoms with Crippen LogP contribution in [0, 0.1) is 0 Å². The fraction of sp³-hybridized carbons (Fsp3) is 0.300. The Hall–Kier alpha value is -2.82. The van der Waals surface area contributed by atoms with Crippen LogP contribution in [0.15, 0.2) is 42.5 Å². The second-order valence-corrected chi connectivity index (χ2v) is 5.78. The molecule has 130 valence electrons. The maximum atomic E-state index is 13.1. The van der Waals surface area contributed by atoms with Crippen molar-refractivity contribution < 1.29 is 19.1 Å². The molecule has 0 radical (unpaired) electrons. The van der Waals surface area contributed by atoms with Gasteiger partial charge in [0.1, 0.15) is 5.75 Å². The zero-order valence-corrected chi connectivity index (χ0v) is 14.5. The van der Waals surface area contributed by atoms with Gasteiger partial charge in [0.15, 0.2) is 0 Å². The van der Waals surface area contributed by atoms with Crippen LogP contribution in [0.5, 0.6) is 5.75 Å². The smallest absolute Gasteiger partial charge is 0.338 e. The fourth-order valence-electron chi connectivity index (χ4n) is 3.21. The summed E-state index contributed by atoms with van der Waals surface area (Å²) in [5.41, 5.74) is 2.68. The summed E-state index contributed by atoms with van der Waals surface area (Å²) in [7, 11) is 1.37. The third-order valence-electron chi connectivity index (χ3n) is 4.32. The fourth-order valence-corrected chi connectivity index (χ4v) is 3.21. The predicted octanol–water partition coefficient (Wildman–Crippen LogP) is 3.46.